The van der Waals surface area contributed by atoms with Gasteiger partial charge in [0, 0.05) is 13.1 Å². The predicted octanol–water partition coefficient (Wildman–Crippen LogP) is 3.63. The zero-order valence-corrected chi connectivity index (χ0v) is 17.2. The smallest absolute Gasteiger partial charge is 0.261 e. The Morgan fingerprint density at radius 2 is 1.79 bits per heavy atom. The van der Waals surface area contributed by atoms with Crippen LogP contribution in [0.25, 0.3) is 0 Å². The van der Waals surface area contributed by atoms with Crippen molar-refractivity contribution in [1.82, 2.24) is 10.2 Å². The van der Waals surface area contributed by atoms with E-state index in [2.05, 4.69) is 5.32 Å². The van der Waals surface area contributed by atoms with Gasteiger partial charge in [-0.2, -0.15) is 0 Å². The van der Waals surface area contributed by atoms with Crippen molar-refractivity contribution < 1.29 is 14.3 Å². The lowest BCUT2D eigenvalue weighted by Gasteiger charge is -2.28. The topological polar surface area (TPSA) is 58.6 Å². The average Bonchev–Trinajstić information content (AvgIpc) is 2.71. The Labute approximate surface area is 167 Å². The minimum absolute atomic E-state index is 0.110. The molecule has 0 fully saturated rings. The number of hydrogen-bond donors (Lipinski definition) is 1. The highest BCUT2D eigenvalue weighted by molar-refractivity contribution is 5.87. The second-order valence-corrected chi connectivity index (χ2v) is 7.01. The van der Waals surface area contributed by atoms with Crippen molar-refractivity contribution in [3.05, 3.63) is 65.2 Å². The number of rotatable bonds is 9. The van der Waals surface area contributed by atoms with Gasteiger partial charge >= 0.3 is 0 Å². The van der Waals surface area contributed by atoms with Gasteiger partial charge in [0.05, 0.1) is 0 Å². The summed E-state index contributed by atoms with van der Waals surface area (Å²) in [6.07, 6.45) is 0.848. The number of nitrogens with one attached hydrogen (secondary N) is 1. The molecule has 0 aliphatic rings. The van der Waals surface area contributed by atoms with Crippen molar-refractivity contribution in [2.24, 2.45) is 0 Å². The van der Waals surface area contributed by atoms with E-state index in [1.54, 1.807) is 11.8 Å². The highest BCUT2D eigenvalue weighted by Crippen LogP contribution is 2.17. The Bertz CT molecular complexity index is 790. The van der Waals surface area contributed by atoms with Gasteiger partial charge in [-0.15, -0.1) is 0 Å². The Morgan fingerprint density at radius 1 is 1.07 bits per heavy atom. The number of amides is 2. The van der Waals surface area contributed by atoms with E-state index < -0.39 is 6.04 Å². The third kappa shape index (κ3) is 6.12. The molecule has 0 aliphatic heterocycles. The van der Waals surface area contributed by atoms with Crippen LogP contribution < -0.4 is 10.1 Å². The van der Waals surface area contributed by atoms with Crippen LogP contribution in [-0.2, 0) is 16.1 Å². The molecule has 2 aromatic carbocycles. The van der Waals surface area contributed by atoms with Crippen LogP contribution in [0, 0.1) is 13.8 Å². The molecular weight excluding hydrogens is 352 g/mol. The quantitative estimate of drug-likeness (QED) is 0.721. The van der Waals surface area contributed by atoms with Gasteiger partial charge in [-0.05, 0) is 56.0 Å². The Morgan fingerprint density at radius 3 is 2.43 bits per heavy atom. The molecule has 0 saturated heterocycles. The summed E-state index contributed by atoms with van der Waals surface area (Å²) in [6, 6.07) is 14.8. The molecule has 0 spiro atoms. The molecule has 0 heterocycles. The first-order valence-corrected chi connectivity index (χ1v) is 9.73. The zero-order chi connectivity index (χ0) is 20.5. The maximum atomic E-state index is 12.9. The first-order valence-electron chi connectivity index (χ1n) is 9.73. The zero-order valence-electron chi connectivity index (χ0n) is 17.2. The second kappa shape index (κ2) is 10.5. The third-order valence-electron chi connectivity index (χ3n) is 4.75. The monoisotopic (exact) mass is 382 g/mol. The van der Waals surface area contributed by atoms with E-state index in [1.807, 2.05) is 69.3 Å². The molecular formula is C23H30N2O3. The lowest BCUT2D eigenvalue weighted by atomic mass is 10.1. The van der Waals surface area contributed by atoms with E-state index in [4.69, 9.17) is 4.74 Å². The largest absolute Gasteiger partial charge is 0.484 e. The minimum Gasteiger partial charge on any atom is -0.484 e. The summed E-state index contributed by atoms with van der Waals surface area (Å²) in [7, 11) is 0. The molecule has 1 atom stereocenters. The summed E-state index contributed by atoms with van der Waals surface area (Å²) in [6.45, 7) is 8.62. The van der Waals surface area contributed by atoms with Crippen LogP contribution in [0.1, 0.15) is 37.0 Å². The summed E-state index contributed by atoms with van der Waals surface area (Å²) >= 11 is 0. The molecule has 2 amide bonds. The fourth-order valence-electron chi connectivity index (χ4n) is 2.79. The van der Waals surface area contributed by atoms with Crippen LogP contribution in [0.15, 0.2) is 48.5 Å². The van der Waals surface area contributed by atoms with Gasteiger partial charge in [0.15, 0.2) is 6.61 Å². The molecule has 0 unspecified atom stereocenters. The molecule has 5 heteroatoms. The van der Waals surface area contributed by atoms with E-state index in [0.717, 1.165) is 17.5 Å². The fraction of sp³-hybridized carbons (Fsp3) is 0.391. The molecule has 150 valence electrons. The van der Waals surface area contributed by atoms with Gasteiger partial charge in [0.2, 0.25) is 5.91 Å². The number of benzene rings is 2. The standard InChI is InChI=1S/C23H30N2O3/c1-5-13-24-23(27)19(4)25(15-20-9-7-6-8-10-20)22(26)16-28-21-12-11-17(2)18(3)14-21/h6-12,14,19H,5,13,15-16H2,1-4H3,(H,24,27)/t19-/m0/s1. The summed E-state index contributed by atoms with van der Waals surface area (Å²) in [4.78, 5) is 26.9. The molecule has 0 aromatic heterocycles. The van der Waals surface area contributed by atoms with Gasteiger partial charge in [-0.3, -0.25) is 9.59 Å². The summed E-state index contributed by atoms with van der Waals surface area (Å²) in [5, 5.41) is 2.87. The Hall–Kier alpha value is -2.82. The van der Waals surface area contributed by atoms with Crippen LogP contribution in [0.4, 0.5) is 0 Å². The van der Waals surface area contributed by atoms with Crippen LogP contribution >= 0.6 is 0 Å². The van der Waals surface area contributed by atoms with Crippen LogP contribution in [0.3, 0.4) is 0 Å². The molecule has 2 aromatic rings. The normalized spacial score (nSPS) is 11.6. The maximum Gasteiger partial charge on any atom is 0.261 e. The molecule has 0 saturated carbocycles. The van der Waals surface area contributed by atoms with E-state index in [9.17, 15) is 9.59 Å². The number of hydrogen-bond acceptors (Lipinski definition) is 3. The van der Waals surface area contributed by atoms with E-state index in [-0.39, 0.29) is 18.4 Å². The SMILES string of the molecule is CCCNC(=O)[C@H](C)N(Cc1ccccc1)C(=O)COc1ccc(C)c(C)c1. The molecule has 2 rings (SSSR count). The molecule has 0 radical (unpaired) electrons. The number of carbonyl (C=O) groups is 2. The molecule has 0 bridgehead atoms. The highest BCUT2D eigenvalue weighted by atomic mass is 16.5. The first kappa shape index (κ1) is 21.5. The predicted molar refractivity (Wildman–Crippen MR) is 111 cm³/mol. The van der Waals surface area contributed by atoms with Gasteiger partial charge in [0.25, 0.3) is 5.91 Å². The summed E-state index contributed by atoms with van der Waals surface area (Å²) < 4.78 is 5.71. The lowest BCUT2D eigenvalue weighted by molar-refractivity contribution is -0.142. The highest BCUT2D eigenvalue weighted by Gasteiger charge is 2.26. The number of carbonyl (C=O) groups excluding carboxylic acids is 2. The fourth-order valence-corrected chi connectivity index (χ4v) is 2.79. The van der Waals surface area contributed by atoms with E-state index >= 15 is 0 Å². The van der Waals surface area contributed by atoms with Gasteiger partial charge in [-0.1, -0.05) is 43.3 Å². The Balaban J connectivity index is 2.10. The molecule has 5 nitrogen and oxygen atoms in total. The van der Waals surface area contributed by atoms with E-state index in [1.165, 1.54) is 5.56 Å². The van der Waals surface area contributed by atoms with Gasteiger partial charge in [0.1, 0.15) is 11.8 Å². The molecule has 28 heavy (non-hydrogen) atoms. The van der Waals surface area contributed by atoms with Crippen molar-refractivity contribution in [1.29, 1.82) is 0 Å². The van der Waals surface area contributed by atoms with Crippen LogP contribution in [0.5, 0.6) is 5.75 Å². The molecule has 1 N–H and O–H groups in total. The third-order valence-corrected chi connectivity index (χ3v) is 4.75. The lowest BCUT2D eigenvalue weighted by Crippen LogP contribution is -2.49. The van der Waals surface area contributed by atoms with Crippen molar-refractivity contribution in [3.63, 3.8) is 0 Å². The van der Waals surface area contributed by atoms with Crippen molar-refractivity contribution in [3.8, 4) is 5.75 Å². The van der Waals surface area contributed by atoms with E-state index in [0.29, 0.717) is 18.8 Å². The number of nitrogens with zero attached hydrogens (tertiary/aromatic N) is 1. The van der Waals surface area contributed by atoms with Crippen LogP contribution in [0.2, 0.25) is 0 Å². The molecule has 0 aliphatic carbocycles. The van der Waals surface area contributed by atoms with Gasteiger partial charge in [-0.25, -0.2) is 0 Å². The maximum absolute atomic E-state index is 12.9. The van der Waals surface area contributed by atoms with Crippen molar-refractivity contribution >= 4 is 11.8 Å². The Kier molecular flexibility index (Phi) is 8.05. The average molecular weight is 383 g/mol. The van der Waals surface area contributed by atoms with Gasteiger partial charge < -0.3 is 15.0 Å². The summed E-state index contributed by atoms with van der Waals surface area (Å²) in [5.74, 6) is 0.276. The number of ether oxygens (including phenoxy) is 1. The summed E-state index contributed by atoms with van der Waals surface area (Å²) in [5.41, 5.74) is 3.25. The minimum atomic E-state index is -0.581. The first-order chi connectivity index (χ1) is 13.4. The van der Waals surface area contributed by atoms with Crippen LogP contribution in [-0.4, -0.2) is 35.9 Å². The second-order valence-electron chi connectivity index (χ2n) is 7.01. The van der Waals surface area contributed by atoms with Crippen molar-refractivity contribution in [2.75, 3.05) is 13.2 Å². The van der Waals surface area contributed by atoms with Crippen molar-refractivity contribution in [2.45, 2.75) is 46.7 Å². The number of aryl methyl sites for hydroxylation is 2.